The minimum atomic E-state index is -1.00. The van der Waals surface area contributed by atoms with Gasteiger partial charge >= 0.3 is 5.97 Å². The molecule has 0 radical (unpaired) electrons. The van der Waals surface area contributed by atoms with Crippen LogP contribution in [0.25, 0.3) is 0 Å². The Morgan fingerprint density at radius 2 is 2.11 bits per heavy atom. The van der Waals surface area contributed by atoms with Gasteiger partial charge in [0.05, 0.1) is 0 Å². The largest absolute Gasteiger partial charge is 0.480 e. The maximum atomic E-state index is 10.4. The Labute approximate surface area is 127 Å². The summed E-state index contributed by atoms with van der Waals surface area (Å²) in [6, 6.07) is -0.816. The molecule has 5 nitrogen and oxygen atoms in total. The van der Waals surface area contributed by atoms with Crippen LogP contribution in [0.2, 0.25) is 0 Å². The molecule has 1 saturated heterocycles. The summed E-state index contributed by atoms with van der Waals surface area (Å²) in [5.74, 6) is 0.318. The number of carboxylic acid groups (broad SMARTS) is 1. The second-order valence-electron chi connectivity index (χ2n) is 4.17. The molecule has 0 saturated carbocycles. The molecule has 0 spiro atoms. The molecule has 0 aromatic rings. The summed E-state index contributed by atoms with van der Waals surface area (Å²) in [6.07, 6.45) is 5.28. The fraction of sp³-hybridized carbons (Fsp3) is 0.818. The number of rotatable bonds is 7. The first-order valence-electron chi connectivity index (χ1n) is 6.13. The van der Waals surface area contributed by atoms with Gasteiger partial charge in [0.2, 0.25) is 5.91 Å². The summed E-state index contributed by atoms with van der Waals surface area (Å²) in [7, 11) is 3.97. The van der Waals surface area contributed by atoms with Crippen LogP contribution in [0.15, 0.2) is 0 Å². The van der Waals surface area contributed by atoms with E-state index in [1.165, 1.54) is 18.6 Å². The second kappa shape index (κ2) is 11.7. The van der Waals surface area contributed by atoms with Gasteiger partial charge in [0, 0.05) is 23.2 Å². The minimum Gasteiger partial charge on any atom is -0.480 e. The number of primary amides is 1. The van der Waals surface area contributed by atoms with Crippen molar-refractivity contribution in [2.45, 2.75) is 43.4 Å². The van der Waals surface area contributed by atoms with E-state index in [1.807, 2.05) is 21.6 Å². The number of hydrogen-bond acceptors (Lipinski definition) is 6. The van der Waals surface area contributed by atoms with Crippen molar-refractivity contribution in [1.29, 1.82) is 0 Å². The first kappa shape index (κ1) is 18.9. The molecule has 1 fully saturated rings. The molecule has 0 aromatic heterocycles. The number of carbonyl (C=O) groups excluding carboxylic acids is 1. The maximum Gasteiger partial charge on any atom is 0.321 e. The van der Waals surface area contributed by atoms with Gasteiger partial charge in [-0.25, -0.2) is 0 Å². The van der Waals surface area contributed by atoms with Gasteiger partial charge in [0.1, 0.15) is 6.04 Å². The molecule has 1 unspecified atom stereocenters. The van der Waals surface area contributed by atoms with Crippen molar-refractivity contribution in [3.63, 3.8) is 0 Å². The van der Waals surface area contributed by atoms with E-state index in [2.05, 4.69) is 12.6 Å². The lowest BCUT2D eigenvalue weighted by Crippen LogP contribution is -2.31. The average molecular weight is 327 g/mol. The van der Waals surface area contributed by atoms with Gasteiger partial charge in [-0.05, 0) is 19.3 Å². The van der Waals surface area contributed by atoms with Crippen molar-refractivity contribution in [1.82, 2.24) is 0 Å². The Balaban J connectivity index is 0.000000399. The van der Waals surface area contributed by atoms with Crippen LogP contribution >= 0.6 is 34.2 Å². The third-order valence-electron chi connectivity index (χ3n) is 2.44. The number of amides is 1. The fourth-order valence-electron chi connectivity index (χ4n) is 1.31. The van der Waals surface area contributed by atoms with Crippen LogP contribution in [0, 0.1) is 0 Å². The van der Waals surface area contributed by atoms with E-state index in [0.717, 1.165) is 18.1 Å². The molecule has 5 N–H and O–H groups in total. The molecular formula is C11H22N2O3S3. The zero-order chi connectivity index (χ0) is 14.7. The lowest BCUT2D eigenvalue weighted by atomic mass is 10.1. The predicted octanol–water partition coefficient (Wildman–Crippen LogP) is 1.51. The van der Waals surface area contributed by atoms with Crippen molar-refractivity contribution in [3.05, 3.63) is 0 Å². The van der Waals surface area contributed by atoms with Crippen molar-refractivity contribution < 1.29 is 14.7 Å². The summed E-state index contributed by atoms with van der Waals surface area (Å²) in [5, 5.41) is 8.84. The topological polar surface area (TPSA) is 106 Å². The Bertz CT molecular complexity index is 274. The number of carboxylic acids is 1. The first-order chi connectivity index (χ1) is 8.97. The fourth-order valence-corrected chi connectivity index (χ4v) is 4.50. The number of unbranched alkanes of at least 4 members (excludes halogenated alkanes) is 1. The van der Waals surface area contributed by atoms with E-state index >= 15 is 0 Å². The van der Waals surface area contributed by atoms with Crippen molar-refractivity contribution >= 4 is 46.1 Å². The number of nitrogens with two attached hydrogens (primary N) is 2. The van der Waals surface area contributed by atoms with E-state index in [9.17, 15) is 9.59 Å². The van der Waals surface area contributed by atoms with E-state index < -0.39 is 12.0 Å². The third kappa shape index (κ3) is 11.5. The van der Waals surface area contributed by atoms with Gasteiger partial charge in [-0.15, -0.1) is 0 Å². The molecule has 19 heavy (non-hydrogen) atoms. The van der Waals surface area contributed by atoms with Crippen molar-refractivity contribution in [3.8, 4) is 0 Å². The quantitative estimate of drug-likeness (QED) is 0.321. The van der Waals surface area contributed by atoms with Crippen LogP contribution in [-0.2, 0) is 9.59 Å². The number of hydrogen-bond donors (Lipinski definition) is 4. The van der Waals surface area contributed by atoms with Gasteiger partial charge < -0.3 is 16.6 Å². The average Bonchev–Trinajstić information content (AvgIpc) is 2.87. The Kier molecular flexibility index (Phi) is 11.7. The molecule has 0 aliphatic carbocycles. The van der Waals surface area contributed by atoms with Crippen LogP contribution in [0.3, 0.4) is 0 Å². The van der Waals surface area contributed by atoms with Crippen LogP contribution in [0.1, 0.15) is 32.1 Å². The smallest absolute Gasteiger partial charge is 0.321 e. The summed E-state index contributed by atoms with van der Waals surface area (Å²) in [5.41, 5.74) is 9.98. The Morgan fingerprint density at radius 1 is 1.42 bits per heavy atom. The van der Waals surface area contributed by atoms with Crippen LogP contribution < -0.4 is 11.5 Å². The van der Waals surface area contributed by atoms with E-state index in [1.54, 1.807) is 0 Å². The van der Waals surface area contributed by atoms with Crippen LogP contribution in [0.5, 0.6) is 0 Å². The SMILES string of the molecule is NC(=O)CCCCC1CCSS1.N[C@@H](CS)C(=O)O. The highest BCUT2D eigenvalue weighted by Gasteiger charge is 2.15. The maximum absolute atomic E-state index is 10.4. The van der Waals surface area contributed by atoms with Gasteiger partial charge in [-0.3, -0.25) is 9.59 Å². The number of thiol groups is 1. The Hall–Kier alpha value is -0.0500. The zero-order valence-electron chi connectivity index (χ0n) is 10.8. The van der Waals surface area contributed by atoms with Crippen molar-refractivity contribution in [2.75, 3.05) is 11.5 Å². The van der Waals surface area contributed by atoms with Gasteiger partial charge in [-0.1, -0.05) is 28.0 Å². The molecule has 8 heteroatoms. The summed E-state index contributed by atoms with van der Waals surface area (Å²) in [6.45, 7) is 0. The van der Waals surface area contributed by atoms with Crippen LogP contribution in [-0.4, -0.2) is 39.8 Å². The first-order valence-corrected chi connectivity index (χ1v) is 9.14. The summed E-state index contributed by atoms with van der Waals surface area (Å²) < 4.78 is 0. The highest BCUT2D eigenvalue weighted by Crippen LogP contribution is 2.39. The zero-order valence-corrected chi connectivity index (χ0v) is 13.3. The number of aliphatic carboxylic acids is 1. The standard InChI is InChI=1S/C8H15NOS2.C3H7NO2S/c9-8(10)4-2-1-3-7-5-6-11-12-7;4-2(1-7)3(5)6/h7H,1-6H2,(H2,9,10);2,7H,1,4H2,(H,5,6)/t;2-/m.0/s1. The van der Waals surface area contributed by atoms with Gasteiger partial charge in [0.15, 0.2) is 0 Å². The molecule has 1 aliphatic heterocycles. The molecule has 112 valence electrons. The molecule has 1 rings (SSSR count). The van der Waals surface area contributed by atoms with E-state index in [0.29, 0.717) is 6.42 Å². The number of carbonyl (C=O) groups is 2. The molecule has 0 aromatic carbocycles. The minimum absolute atomic E-state index is 0.163. The molecule has 0 bridgehead atoms. The third-order valence-corrected chi connectivity index (χ3v) is 5.84. The molecule has 1 amide bonds. The highest BCUT2D eigenvalue weighted by molar-refractivity contribution is 8.77. The molecule has 2 atom stereocenters. The molecule has 1 aliphatic rings. The van der Waals surface area contributed by atoms with Crippen molar-refractivity contribution in [2.24, 2.45) is 11.5 Å². The van der Waals surface area contributed by atoms with E-state index in [4.69, 9.17) is 16.6 Å². The predicted molar refractivity (Wildman–Crippen MR) is 85.6 cm³/mol. The van der Waals surface area contributed by atoms with Gasteiger partial charge in [-0.2, -0.15) is 12.6 Å². The van der Waals surface area contributed by atoms with Crippen LogP contribution in [0.4, 0.5) is 0 Å². The lowest BCUT2D eigenvalue weighted by molar-refractivity contribution is -0.137. The van der Waals surface area contributed by atoms with E-state index in [-0.39, 0.29) is 11.7 Å². The Morgan fingerprint density at radius 3 is 2.47 bits per heavy atom. The summed E-state index contributed by atoms with van der Waals surface area (Å²) >= 11 is 3.65. The summed E-state index contributed by atoms with van der Waals surface area (Å²) in [4.78, 5) is 20.2. The van der Waals surface area contributed by atoms with Gasteiger partial charge in [0.25, 0.3) is 0 Å². The second-order valence-corrected chi connectivity index (χ2v) is 7.32. The molecular weight excluding hydrogens is 304 g/mol. The normalized spacial score (nSPS) is 19.4. The lowest BCUT2D eigenvalue weighted by Gasteiger charge is -2.05. The molecule has 1 heterocycles. The highest BCUT2D eigenvalue weighted by atomic mass is 33.1. The monoisotopic (exact) mass is 326 g/mol.